The van der Waals surface area contributed by atoms with E-state index in [-0.39, 0.29) is 45.9 Å². The molecule has 89 heavy (non-hydrogen) atoms. The Kier molecular flexibility index (Phi) is 28.1. The Morgan fingerprint density at radius 3 is 1.61 bits per heavy atom. The molecule has 2 fully saturated rings. The lowest BCUT2D eigenvalue weighted by Gasteiger charge is -2.36. The maximum Gasteiger partial charge on any atom is 0.488 e. The number of carbonyl (C=O) groups is 3. The normalized spacial score (nSPS) is 13.7. The number of nitrogens with two attached hydrogens (primary N) is 1. The summed E-state index contributed by atoms with van der Waals surface area (Å²) in [6.07, 6.45) is 8.04. The molecule has 10 rings (SSSR count). The number of hydrogen-bond acceptors (Lipinski definition) is 17. The number of benzene rings is 5. The van der Waals surface area contributed by atoms with E-state index in [1.165, 1.54) is 36.3 Å². The molecule has 0 saturated carbocycles. The van der Waals surface area contributed by atoms with Crippen LogP contribution in [0.4, 0.5) is 33.1 Å². The highest BCUT2D eigenvalue weighted by Gasteiger charge is 2.24. The van der Waals surface area contributed by atoms with Crippen molar-refractivity contribution in [2.75, 3.05) is 80.8 Å². The fourth-order valence-electron chi connectivity index (χ4n) is 8.61. The van der Waals surface area contributed by atoms with Crippen LogP contribution in [0, 0.1) is 0 Å². The number of piperazine rings is 2. The van der Waals surface area contributed by atoms with Crippen LogP contribution in [0.1, 0.15) is 16.7 Å². The minimum absolute atomic E-state index is 0.0380. The van der Waals surface area contributed by atoms with Crippen LogP contribution in [0.2, 0.25) is 30.8 Å². The molecule has 5 heterocycles. The van der Waals surface area contributed by atoms with Gasteiger partial charge in [-0.1, -0.05) is 139 Å². The predicted molar refractivity (Wildman–Crippen MR) is 360 cm³/mol. The van der Waals surface area contributed by atoms with Crippen LogP contribution in [0.3, 0.4) is 0 Å². The van der Waals surface area contributed by atoms with Gasteiger partial charge >= 0.3 is 7.12 Å². The molecule has 0 radical (unpaired) electrons. The van der Waals surface area contributed by atoms with Crippen LogP contribution in [-0.4, -0.2) is 140 Å². The summed E-state index contributed by atoms with van der Waals surface area (Å²) in [6, 6.07) is 37.4. The molecular weight excluding hydrogens is 1260 g/mol. The van der Waals surface area contributed by atoms with Crippen LogP contribution in [0.5, 0.6) is 0 Å². The van der Waals surface area contributed by atoms with E-state index in [2.05, 4.69) is 77.9 Å². The van der Waals surface area contributed by atoms with Gasteiger partial charge in [-0.05, 0) is 126 Å². The first-order valence-corrected chi connectivity index (χ1v) is 29.8. The van der Waals surface area contributed by atoms with Crippen LogP contribution >= 0.6 is 69.6 Å². The molecule has 0 spiro atoms. The minimum atomic E-state index is -1.49. The summed E-state index contributed by atoms with van der Waals surface area (Å²) < 4.78 is 14.1. The van der Waals surface area contributed by atoms with Gasteiger partial charge in [-0.2, -0.15) is 0 Å². The third-order valence-corrected chi connectivity index (χ3v) is 15.0. The van der Waals surface area contributed by atoms with Gasteiger partial charge in [-0.15, -0.1) is 0 Å². The lowest BCUT2D eigenvalue weighted by molar-refractivity contribution is -0.114. The summed E-state index contributed by atoms with van der Waals surface area (Å²) in [6.45, 7) is 16.6. The molecular formula is C64H64BCl6FN12O5. The maximum absolute atomic E-state index is 14.1. The van der Waals surface area contributed by atoms with Gasteiger partial charge in [0, 0.05) is 92.4 Å². The van der Waals surface area contributed by atoms with Gasteiger partial charge in [-0.3, -0.25) is 19.3 Å². The second kappa shape index (κ2) is 35.5. The lowest BCUT2D eigenvalue weighted by Crippen LogP contribution is -2.49. The van der Waals surface area contributed by atoms with Crippen LogP contribution < -0.4 is 26.3 Å². The number of rotatable bonds is 16. The van der Waals surface area contributed by atoms with Crippen LogP contribution in [0.15, 0.2) is 178 Å². The first kappa shape index (κ1) is 70.4. The molecule has 2 aliphatic rings. The molecule has 3 aromatic heterocycles. The summed E-state index contributed by atoms with van der Waals surface area (Å²) >= 11 is 34.5. The molecule has 0 amide bonds. The van der Waals surface area contributed by atoms with Crippen molar-refractivity contribution >= 4 is 128 Å². The van der Waals surface area contributed by atoms with E-state index in [0.29, 0.717) is 57.4 Å². The quantitative estimate of drug-likeness (QED) is 0.0176. The van der Waals surface area contributed by atoms with Gasteiger partial charge in [0.2, 0.25) is 16.5 Å². The number of nitrogens with one attached hydrogen (secondary N) is 1. The van der Waals surface area contributed by atoms with Gasteiger partial charge in [-0.25, -0.2) is 34.3 Å². The summed E-state index contributed by atoms with van der Waals surface area (Å²) in [5.74, 6) is 0.210. The van der Waals surface area contributed by atoms with Crippen LogP contribution in [-0.2, 0) is 33.6 Å². The largest absolute Gasteiger partial charge is 0.488 e. The molecule has 5 N–H and O–H groups in total. The number of alkyl halides is 1. The highest BCUT2D eigenvalue weighted by atomic mass is 35.5. The van der Waals surface area contributed by atoms with Crippen molar-refractivity contribution in [2.45, 2.75) is 25.6 Å². The van der Waals surface area contributed by atoms with Crippen molar-refractivity contribution in [3.8, 4) is 22.5 Å². The smallest absolute Gasteiger partial charge is 0.423 e. The van der Waals surface area contributed by atoms with E-state index in [1.807, 2.05) is 95.9 Å². The fourth-order valence-corrected chi connectivity index (χ4v) is 9.54. The van der Waals surface area contributed by atoms with E-state index in [1.54, 1.807) is 42.4 Å². The Balaban J connectivity index is 0.000000192. The van der Waals surface area contributed by atoms with E-state index in [9.17, 15) is 18.8 Å². The van der Waals surface area contributed by atoms with E-state index < -0.39 is 13.4 Å². The van der Waals surface area contributed by atoms with E-state index >= 15 is 0 Å². The molecule has 0 aliphatic carbocycles. The Morgan fingerprint density at radius 2 is 1.08 bits per heavy atom. The Bertz CT molecular complexity index is 3740. The molecule has 1 unspecified atom stereocenters. The zero-order valence-electron chi connectivity index (χ0n) is 48.7. The first-order chi connectivity index (χ1) is 42.6. The first-order valence-electron chi connectivity index (χ1n) is 27.5. The van der Waals surface area contributed by atoms with Crippen molar-refractivity contribution in [1.82, 2.24) is 39.7 Å². The number of nitrogens with zero attached hydrogens (tertiary/aromatic N) is 10. The number of allylic oxidation sites excluding steroid dienone is 3. The van der Waals surface area contributed by atoms with E-state index in [4.69, 9.17) is 85.4 Å². The number of halogens is 7. The number of ketones is 3. The molecule has 5 aromatic carbocycles. The molecule has 8 aromatic rings. The van der Waals surface area contributed by atoms with Gasteiger partial charge in [0.05, 0.1) is 51.6 Å². The van der Waals surface area contributed by atoms with Crippen LogP contribution in [0.25, 0.3) is 22.5 Å². The summed E-state index contributed by atoms with van der Waals surface area (Å²) in [7, 11) is 2.47. The van der Waals surface area contributed by atoms with Crippen molar-refractivity contribution in [3.05, 3.63) is 225 Å². The standard InChI is InChI=1S/C25H25ClFN5O.C14H10Cl2N2O.C11H17N3.C10H11BO3.C4HCl3N2/c1-3-21(33)13-17-6-4-7-18(12-17)24-22(26)15-28-25(30-24)29-19-8-5-9-20(14-19)32-11-10-31(2)23(27)16-32;1-2-11(19)7-9-4-3-5-10(6-9)13-12(15)8-17-14(16)18-13;1-13-5-7-14(8-6-13)11-4-2-3-10(12)9-11;1-2-10(12)7-8-4-3-5-9(6-8)11(13)14;5-2-1-8-4(7)9-3(2)6/h3-9,12,14-15,23H,1,10-11,13,16H2,2H3,(H,28,29,30);2-6,8H,1,7H2;2-4,9H,5-8,12H2,1H3;2-6,13-14H,1,7H2;1H. The van der Waals surface area contributed by atoms with Gasteiger partial charge in [0.1, 0.15) is 0 Å². The Labute approximate surface area is 547 Å². The molecule has 2 saturated heterocycles. The second-order valence-electron chi connectivity index (χ2n) is 20.0. The highest BCUT2D eigenvalue weighted by molar-refractivity contribution is 6.58. The molecule has 2 aliphatic heterocycles. The average molecular weight is 1320 g/mol. The molecule has 0 bridgehead atoms. The SMILES string of the molecule is C=CC(=O)Cc1cccc(-c2nc(Cl)ncc2Cl)c1.C=CC(=O)Cc1cccc(-c2nc(Nc3cccc(N4CCN(C)C(F)C4)c3)ncc2Cl)c1.C=CC(=O)Cc1cccc(B(O)O)c1.CN1CCN(c2cccc(N)c2)CC1.Clc1ncc(Cl)c(Cl)n1. The molecule has 462 valence electrons. The minimum Gasteiger partial charge on any atom is -0.423 e. The monoisotopic (exact) mass is 1320 g/mol. The zero-order valence-corrected chi connectivity index (χ0v) is 53.2. The summed E-state index contributed by atoms with van der Waals surface area (Å²) in [5, 5.41) is 22.5. The van der Waals surface area contributed by atoms with Crippen molar-refractivity contribution in [1.29, 1.82) is 0 Å². The lowest BCUT2D eigenvalue weighted by atomic mass is 9.79. The zero-order chi connectivity index (χ0) is 64.6. The second-order valence-corrected chi connectivity index (χ2v) is 22.2. The number of likely N-dealkylation sites (N-methyl/N-ethyl adjacent to an activating group) is 2. The molecule has 1 atom stereocenters. The summed E-state index contributed by atoms with van der Waals surface area (Å²) in [5.41, 5.74) is 15.1. The third-order valence-electron chi connectivity index (χ3n) is 13.4. The van der Waals surface area contributed by atoms with Crippen molar-refractivity contribution < 1.29 is 28.8 Å². The predicted octanol–water partition coefficient (Wildman–Crippen LogP) is 11.8. The van der Waals surface area contributed by atoms with Crippen molar-refractivity contribution in [2.24, 2.45) is 0 Å². The van der Waals surface area contributed by atoms with Gasteiger partial charge < -0.3 is 35.8 Å². The molecule has 17 nitrogen and oxygen atoms in total. The Hall–Kier alpha value is -7.66. The Morgan fingerprint density at radius 1 is 0.596 bits per heavy atom. The molecule has 25 heteroatoms. The fraction of sp³-hybridized carbons (Fsp3) is 0.203. The number of carbonyl (C=O) groups excluding carboxylic acids is 3. The summed E-state index contributed by atoms with van der Waals surface area (Å²) in [4.78, 5) is 66.5. The van der Waals surface area contributed by atoms with E-state index in [0.717, 1.165) is 77.6 Å². The van der Waals surface area contributed by atoms with Gasteiger partial charge in [0.15, 0.2) is 28.8 Å². The number of nitrogen functional groups attached to an aromatic ring is 1. The maximum atomic E-state index is 14.1. The van der Waals surface area contributed by atoms with Crippen molar-refractivity contribution in [3.63, 3.8) is 0 Å². The third kappa shape index (κ3) is 23.0. The van der Waals surface area contributed by atoms with Gasteiger partial charge in [0.25, 0.3) is 0 Å². The topological polar surface area (TPSA) is 220 Å². The highest BCUT2D eigenvalue weighted by Crippen LogP contribution is 2.31. The average Bonchev–Trinajstić information content (AvgIpc) is 2.89. The number of aromatic nitrogens is 6. The number of anilines is 5. The number of hydrogen-bond donors (Lipinski definition) is 4.